The molecule has 0 saturated carbocycles. The highest BCUT2D eigenvalue weighted by Gasteiger charge is 2.17. The first-order valence-corrected chi connectivity index (χ1v) is 10.4. The van der Waals surface area contributed by atoms with E-state index in [2.05, 4.69) is 34.3 Å². The minimum atomic E-state index is -0.139. The number of piperazine rings is 1. The maximum atomic E-state index is 12.6. The molecule has 0 bridgehead atoms. The Morgan fingerprint density at radius 2 is 1.93 bits per heavy atom. The number of carbonyl (C=O) groups is 1. The number of nitrogens with one attached hydrogen (secondary N) is 1. The number of rotatable bonds is 6. The summed E-state index contributed by atoms with van der Waals surface area (Å²) in [5.41, 5.74) is 2.57. The highest BCUT2D eigenvalue weighted by molar-refractivity contribution is 6.04. The maximum Gasteiger partial charge on any atom is 0.255 e. The van der Waals surface area contributed by atoms with Gasteiger partial charge in [-0.1, -0.05) is 6.07 Å². The highest BCUT2D eigenvalue weighted by Crippen LogP contribution is 2.21. The Morgan fingerprint density at radius 3 is 2.66 bits per heavy atom. The van der Waals surface area contributed by atoms with Gasteiger partial charge < -0.3 is 24.6 Å². The molecule has 2 heterocycles. The van der Waals surface area contributed by atoms with Gasteiger partial charge in [-0.2, -0.15) is 0 Å². The Bertz CT molecular complexity index is 810. The van der Waals surface area contributed by atoms with Crippen LogP contribution in [-0.4, -0.2) is 63.4 Å². The maximum absolute atomic E-state index is 12.6. The van der Waals surface area contributed by atoms with Crippen LogP contribution in [-0.2, 0) is 4.74 Å². The van der Waals surface area contributed by atoms with Crippen LogP contribution < -0.4 is 15.0 Å². The molecule has 1 unspecified atom stereocenters. The average molecular weight is 396 g/mol. The number of carbonyl (C=O) groups excluding carboxylic acids is 1. The van der Waals surface area contributed by atoms with Crippen LogP contribution in [0.1, 0.15) is 23.2 Å². The predicted octanol–water partition coefficient (Wildman–Crippen LogP) is 3.25. The molecule has 0 aliphatic carbocycles. The summed E-state index contributed by atoms with van der Waals surface area (Å²) in [5.74, 6) is 0.554. The number of benzene rings is 2. The molecule has 2 aliphatic heterocycles. The van der Waals surface area contributed by atoms with E-state index in [1.807, 2.05) is 24.3 Å². The van der Waals surface area contributed by atoms with E-state index in [9.17, 15) is 4.79 Å². The number of anilines is 2. The fraction of sp³-hybridized carbons (Fsp3) is 0.435. The summed E-state index contributed by atoms with van der Waals surface area (Å²) < 4.78 is 11.4. The number of hydrogen-bond donors (Lipinski definition) is 1. The molecule has 2 aromatic carbocycles. The molecule has 2 aromatic rings. The molecule has 2 aliphatic rings. The van der Waals surface area contributed by atoms with Crippen LogP contribution in [0, 0.1) is 0 Å². The van der Waals surface area contributed by atoms with Crippen molar-refractivity contribution in [2.24, 2.45) is 0 Å². The molecule has 2 fully saturated rings. The van der Waals surface area contributed by atoms with E-state index >= 15 is 0 Å². The molecule has 0 radical (unpaired) electrons. The fourth-order valence-corrected chi connectivity index (χ4v) is 3.72. The van der Waals surface area contributed by atoms with Crippen molar-refractivity contribution in [3.8, 4) is 5.75 Å². The third-order valence-corrected chi connectivity index (χ3v) is 5.55. The topological polar surface area (TPSA) is 54.0 Å². The molecule has 1 N–H and O–H groups in total. The van der Waals surface area contributed by atoms with Crippen molar-refractivity contribution < 1.29 is 14.3 Å². The van der Waals surface area contributed by atoms with E-state index in [1.165, 1.54) is 5.69 Å². The van der Waals surface area contributed by atoms with Crippen LogP contribution in [0.2, 0.25) is 0 Å². The van der Waals surface area contributed by atoms with Crippen molar-refractivity contribution in [2.75, 3.05) is 56.7 Å². The van der Waals surface area contributed by atoms with E-state index in [0.717, 1.165) is 51.3 Å². The molecule has 6 nitrogen and oxygen atoms in total. The molecule has 4 rings (SSSR count). The molecule has 0 aromatic heterocycles. The predicted molar refractivity (Wildman–Crippen MR) is 115 cm³/mol. The van der Waals surface area contributed by atoms with Crippen molar-refractivity contribution in [1.29, 1.82) is 0 Å². The summed E-state index contributed by atoms with van der Waals surface area (Å²) in [6, 6.07) is 15.4. The second-order valence-corrected chi connectivity index (χ2v) is 7.77. The van der Waals surface area contributed by atoms with Crippen LogP contribution in [0.4, 0.5) is 11.4 Å². The first kappa shape index (κ1) is 19.7. The second kappa shape index (κ2) is 9.29. The Kier molecular flexibility index (Phi) is 6.32. The van der Waals surface area contributed by atoms with Crippen molar-refractivity contribution in [2.45, 2.75) is 18.9 Å². The van der Waals surface area contributed by atoms with Gasteiger partial charge in [-0.3, -0.25) is 4.79 Å². The van der Waals surface area contributed by atoms with Crippen molar-refractivity contribution in [1.82, 2.24) is 4.90 Å². The van der Waals surface area contributed by atoms with Gasteiger partial charge in [0.05, 0.1) is 6.10 Å². The van der Waals surface area contributed by atoms with Gasteiger partial charge in [0.25, 0.3) is 5.91 Å². The minimum Gasteiger partial charge on any atom is -0.491 e. The van der Waals surface area contributed by atoms with Gasteiger partial charge in [0.15, 0.2) is 0 Å². The smallest absolute Gasteiger partial charge is 0.255 e. The highest BCUT2D eigenvalue weighted by atomic mass is 16.5. The van der Waals surface area contributed by atoms with Crippen molar-refractivity contribution >= 4 is 17.3 Å². The van der Waals surface area contributed by atoms with Crippen LogP contribution in [0.15, 0.2) is 48.5 Å². The normalized spacial score (nSPS) is 19.9. The molecular formula is C23H29N3O3. The number of hydrogen-bond acceptors (Lipinski definition) is 5. The Balaban J connectivity index is 1.33. The van der Waals surface area contributed by atoms with Crippen molar-refractivity contribution in [3.63, 3.8) is 0 Å². The number of ether oxygens (including phenoxy) is 2. The summed E-state index contributed by atoms with van der Waals surface area (Å²) in [5, 5.41) is 2.97. The lowest BCUT2D eigenvalue weighted by Crippen LogP contribution is -2.44. The molecule has 1 atom stereocenters. The van der Waals surface area contributed by atoms with E-state index < -0.39 is 0 Å². The summed E-state index contributed by atoms with van der Waals surface area (Å²) in [7, 11) is 2.15. The lowest BCUT2D eigenvalue weighted by atomic mass is 10.2. The second-order valence-electron chi connectivity index (χ2n) is 7.77. The van der Waals surface area contributed by atoms with Crippen LogP contribution in [0.25, 0.3) is 0 Å². The van der Waals surface area contributed by atoms with Crippen LogP contribution in [0.3, 0.4) is 0 Å². The van der Waals surface area contributed by atoms with Gasteiger partial charge in [-0.05, 0) is 62.4 Å². The first-order chi connectivity index (χ1) is 14.2. The van der Waals surface area contributed by atoms with E-state index in [4.69, 9.17) is 9.47 Å². The Labute approximate surface area is 172 Å². The Morgan fingerprint density at radius 1 is 1.14 bits per heavy atom. The van der Waals surface area contributed by atoms with Gasteiger partial charge in [0, 0.05) is 49.7 Å². The van der Waals surface area contributed by atoms with E-state index in [0.29, 0.717) is 17.9 Å². The molecule has 29 heavy (non-hydrogen) atoms. The van der Waals surface area contributed by atoms with Gasteiger partial charge in [-0.25, -0.2) is 0 Å². The SMILES string of the molecule is CN1CCN(c2ccc(NC(=O)c3cccc(OCC4CCCO4)c3)cc2)CC1. The zero-order valence-electron chi connectivity index (χ0n) is 17.0. The molecule has 154 valence electrons. The quantitative estimate of drug-likeness (QED) is 0.814. The van der Waals surface area contributed by atoms with Crippen LogP contribution in [0.5, 0.6) is 5.75 Å². The van der Waals surface area contributed by atoms with E-state index in [-0.39, 0.29) is 12.0 Å². The molecule has 0 spiro atoms. The minimum absolute atomic E-state index is 0.139. The lowest BCUT2D eigenvalue weighted by Gasteiger charge is -2.34. The fourth-order valence-electron chi connectivity index (χ4n) is 3.72. The van der Waals surface area contributed by atoms with Gasteiger partial charge >= 0.3 is 0 Å². The first-order valence-electron chi connectivity index (χ1n) is 10.4. The molecule has 2 saturated heterocycles. The van der Waals surface area contributed by atoms with Crippen LogP contribution >= 0.6 is 0 Å². The summed E-state index contributed by atoms with van der Waals surface area (Å²) in [6.07, 6.45) is 2.28. The van der Waals surface area contributed by atoms with E-state index in [1.54, 1.807) is 12.1 Å². The zero-order chi connectivity index (χ0) is 20.1. The Hall–Kier alpha value is -2.57. The van der Waals surface area contributed by atoms with Gasteiger partial charge in [-0.15, -0.1) is 0 Å². The third-order valence-electron chi connectivity index (χ3n) is 5.55. The van der Waals surface area contributed by atoms with Gasteiger partial charge in [0.2, 0.25) is 0 Å². The summed E-state index contributed by atoms with van der Waals surface area (Å²) in [4.78, 5) is 17.4. The lowest BCUT2D eigenvalue weighted by molar-refractivity contribution is 0.0679. The zero-order valence-corrected chi connectivity index (χ0v) is 17.0. The average Bonchev–Trinajstić information content (AvgIpc) is 3.27. The monoisotopic (exact) mass is 395 g/mol. The number of nitrogens with zero attached hydrogens (tertiary/aromatic N) is 2. The largest absolute Gasteiger partial charge is 0.491 e. The molecule has 6 heteroatoms. The summed E-state index contributed by atoms with van der Waals surface area (Å²) >= 11 is 0. The van der Waals surface area contributed by atoms with Gasteiger partial charge in [0.1, 0.15) is 12.4 Å². The standard InChI is InChI=1S/C23H29N3O3/c1-25-11-13-26(14-12-25)20-9-7-19(8-10-20)24-23(27)18-4-2-5-21(16-18)29-17-22-6-3-15-28-22/h2,4-5,7-10,16,22H,3,6,11-15,17H2,1H3,(H,24,27). The number of likely N-dealkylation sites (N-methyl/N-ethyl adjacent to an activating group) is 1. The number of amides is 1. The third kappa shape index (κ3) is 5.28. The molecule has 1 amide bonds. The summed E-state index contributed by atoms with van der Waals surface area (Å²) in [6.45, 7) is 5.54. The van der Waals surface area contributed by atoms with Crippen molar-refractivity contribution in [3.05, 3.63) is 54.1 Å². The molecular weight excluding hydrogens is 366 g/mol.